The molecule has 0 aliphatic rings. The minimum absolute atomic E-state index is 0.136. The van der Waals surface area contributed by atoms with Gasteiger partial charge in [0.2, 0.25) is 0 Å². The summed E-state index contributed by atoms with van der Waals surface area (Å²) in [5.74, 6) is 0. The lowest BCUT2D eigenvalue weighted by Crippen LogP contribution is -2.03. The van der Waals surface area contributed by atoms with E-state index in [4.69, 9.17) is 5.73 Å². The number of nitrogens with zero attached hydrogens (tertiary/aromatic N) is 1. The molecule has 2 nitrogen and oxygen atoms in total. The fourth-order valence-corrected chi connectivity index (χ4v) is 2.21. The van der Waals surface area contributed by atoms with Crippen LogP contribution in [0.2, 0.25) is 0 Å². The van der Waals surface area contributed by atoms with Gasteiger partial charge in [-0.2, -0.15) is 0 Å². The topological polar surface area (TPSA) is 38.9 Å². The van der Waals surface area contributed by atoms with Crippen molar-refractivity contribution in [2.45, 2.75) is 13.0 Å². The summed E-state index contributed by atoms with van der Waals surface area (Å²) in [5, 5.41) is 0. The van der Waals surface area contributed by atoms with Crippen LogP contribution in [-0.4, -0.2) is 4.98 Å². The van der Waals surface area contributed by atoms with Crippen LogP contribution in [0.4, 0.5) is 8.78 Å². The van der Waals surface area contributed by atoms with Crippen LogP contribution >= 0.6 is 31.9 Å². The van der Waals surface area contributed by atoms with Gasteiger partial charge in [0.1, 0.15) is 4.60 Å². The molecule has 0 unspecified atom stereocenters. The first kappa shape index (κ1) is 11.0. The number of halogens is 4. The molecular weight excluding hydrogens is 310 g/mol. The Balaban J connectivity index is 3.27. The van der Waals surface area contributed by atoms with E-state index in [2.05, 4.69) is 36.8 Å². The zero-order valence-electron chi connectivity index (χ0n) is 6.40. The fourth-order valence-electron chi connectivity index (χ4n) is 0.852. The Bertz CT molecular complexity index is 318. The van der Waals surface area contributed by atoms with Gasteiger partial charge in [-0.3, -0.25) is 0 Å². The zero-order valence-corrected chi connectivity index (χ0v) is 9.57. The number of pyridine rings is 1. The van der Waals surface area contributed by atoms with E-state index in [1.165, 1.54) is 0 Å². The number of aromatic nitrogens is 1. The summed E-state index contributed by atoms with van der Waals surface area (Å²) < 4.78 is 25.5. The number of rotatable bonds is 2. The second kappa shape index (κ2) is 4.43. The molecular formula is C7H6Br2F2N2. The van der Waals surface area contributed by atoms with E-state index in [0.29, 0.717) is 14.6 Å². The molecule has 0 saturated carbocycles. The number of hydrogen-bond donors (Lipinski definition) is 1. The Labute approximate surface area is 90.8 Å². The predicted molar refractivity (Wildman–Crippen MR) is 52.5 cm³/mol. The molecule has 0 amide bonds. The Morgan fingerprint density at radius 3 is 2.54 bits per heavy atom. The summed E-state index contributed by atoms with van der Waals surface area (Å²) in [4.78, 5) is 3.76. The molecule has 0 fully saturated rings. The maximum absolute atomic E-state index is 12.3. The lowest BCUT2D eigenvalue weighted by molar-refractivity contribution is 0.150. The van der Waals surface area contributed by atoms with Crippen LogP contribution in [0.3, 0.4) is 0 Å². The van der Waals surface area contributed by atoms with E-state index in [0.717, 1.165) is 6.20 Å². The van der Waals surface area contributed by atoms with Crippen molar-refractivity contribution < 1.29 is 8.78 Å². The van der Waals surface area contributed by atoms with Crippen molar-refractivity contribution in [1.82, 2.24) is 4.98 Å². The first-order chi connectivity index (χ1) is 6.07. The van der Waals surface area contributed by atoms with Gasteiger partial charge in [-0.05, 0) is 31.9 Å². The molecule has 0 spiro atoms. The summed E-state index contributed by atoms with van der Waals surface area (Å²) in [6.07, 6.45) is -1.42. The van der Waals surface area contributed by atoms with Gasteiger partial charge in [0.25, 0.3) is 6.43 Å². The number of hydrogen-bond acceptors (Lipinski definition) is 2. The molecule has 0 aliphatic carbocycles. The van der Waals surface area contributed by atoms with Gasteiger partial charge in [-0.25, -0.2) is 13.8 Å². The summed E-state index contributed by atoms with van der Waals surface area (Å²) in [6.45, 7) is 0.161. The average molecular weight is 316 g/mol. The van der Waals surface area contributed by atoms with Gasteiger partial charge in [0.15, 0.2) is 0 Å². The summed E-state index contributed by atoms with van der Waals surface area (Å²) >= 11 is 6.19. The summed E-state index contributed by atoms with van der Waals surface area (Å²) in [7, 11) is 0. The van der Waals surface area contributed by atoms with Crippen LogP contribution in [0.1, 0.15) is 17.6 Å². The summed E-state index contributed by atoms with van der Waals surface area (Å²) in [5.41, 5.74) is 5.79. The molecule has 0 atom stereocenters. The van der Waals surface area contributed by atoms with Gasteiger partial charge < -0.3 is 5.73 Å². The molecule has 1 aromatic heterocycles. The third kappa shape index (κ3) is 2.24. The molecule has 0 aliphatic heterocycles. The Morgan fingerprint density at radius 2 is 2.08 bits per heavy atom. The quantitative estimate of drug-likeness (QED) is 0.852. The van der Waals surface area contributed by atoms with Crippen molar-refractivity contribution in [2.75, 3.05) is 0 Å². The van der Waals surface area contributed by atoms with E-state index in [1.807, 2.05) is 0 Å². The third-order valence-corrected chi connectivity index (χ3v) is 3.14. The van der Waals surface area contributed by atoms with Crippen LogP contribution in [-0.2, 0) is 6.54 Å². The van der Waals surface area contributed by atoms with Crippen LogP contribution < -0.4 is 5.73 Å². The molecule has 0 bridgehead atoms. The Kier molecular flexibility index (Phi) is 3.75. The van der Waals surface area contributed by atoms with Gasteiger partial charge in [0, 0.05) is 22.8 Å². The minimum atomic E-state index is -2.54. The SMILES string of the molecule is NCc1c(Br)ncc(C(F)F)c1Br. The lowest BCUT2D eigenvalue weighted by atomic mass is 10.2. The molecule has 13 heavy (non-hydrogen) atoms. The van der Waals surface area contributed by atoms with Crippen molar-refractivity contribution >= 4 is 31.9 Å². The maximum atomic E-state index is 12.3. The Hall–Kier alpha value is -0.0700. The maximum Gasteiger partial charge on any atom is 0.266 e. The lowest BCUT2D eigenvalue weighted by Gasteiger charge is -2.08. The van der Waals surface area contributed by atoms with Crippen LogP contribution in [0.15, 0.2) is 15.3 Å². The van der Waals surface area contributed by atoms with Gasteiger partial charge >= 0.3 is 0 Å². The van der Waals surface area contributed by atoms with Gasteiger partial charge in [-0.15, -0.1) is 0 Å². The largest absolute Gasteiger partial charge is 0.326 e. The molecule has 2 N–H and O–H groups in total. The molecule has 1 rings (SSSR count). The van der Waals surface area contributed by atoms with Gasteiger partial charge in [0.05, 0.1) is 5.56 Å². The normalized spacial score (nSPS) is 10.9. The minimum Gasteiger partial charge on any atom is -0.326 e. The Morgan fingerprint density at radius 1 is 1.46 bits per heavy atom. The van der Waals surface area contributed by atoms with Gasteiger partial charge in [-0.1, -0.05) is 0 Å². The third-order valence-electron chi connectivity index (χ3n) is 1.52. The first-order valence-corrected chi connectivity index (χ1v) is 4.97. The van der Waals surface area contributed by atoms with Crippen molar-refractivity contribution in [3.05, 3.63) is 26.4 Å². The molecule has 0 radical (unpaired) electrons. The zero-order chi connectivity index (χ0) is 10.0. The monoisotopic (exact) mass is 314 g/mol. The smallest absolute Gasteiger partial charge is 0.266 e. The molecule has 1 heterocycles. The highest BCUT2D eigenvalue weighted by atomic mass is 79.9. The molecule has 0 saturated heterocycles. The highest BCUT2D eigenvalue weighted by molar-refractivity contribution is 9.11. The van der Waals surface area contributed by atoms with Crippen molar-refractivity contribution in [2.24, 2.45) is 5.73 Å². The van der Waals surface area contributed by atoms with E-state index in [1.54, 1.807) is 0 Å². The average Bonchev–Trinajstić information content (AvgIpc) is 2.04. The second-order valence-electron chi connectivity index (χ2n) is 2.30. The summed E-state index contributed by atoms with van der Waals surface area (Å²) in [6, 6.07) is 0. The fraction of sp³-hybridized carbons (Fsp3) is 0.286. The molecule has 0 aromatic carbocycles. The molecule has 1 aromatic rings. The molecule has 72 valence electrons. The van der Waals surface area contributed by atoms with E-state index >= 15 is 0 Å². The standard InChI is InChI=1S/C7H6Br2F2N2/c8-5-3(1-12)6(9)13-2-4(5)7(10)11/h2,7H,1,12H2. The first-order valence-electron chi connectivity index (χ1n) is 3.39. The predicted octanol–water partition coefficient (Wildman–Crippen LogP) is 3.00. The van der Waals surface area contributed by atoms with Crippen LogP contribution in [0, 0.1) is 0 Å². The van der Waals surface area contributed by atoms with Crippen molar-refractivity contribution in [3.63, 3.8) is 0 Å². The molecule has 6 heteroatoms. The van der Waals surface area contributed by atoms with Crippen LogP contribution in [0.25, 0.3) is 0 Å². The van der Waals surface area contributed by atoms with E-state index in [9.17, 15) is 8.78 Å². The van der Waals surface area contributed by atoms with Crippen molar-refractivity contribution in [3.8, 4) is 0 Å². The van der Waals surface area contributed by atoms with Crippen molar-refractivity contribution in [1.29, 1.82) is 0 Å². The second-order valence-corrected chi connectivity index (χ2v) is 3.85. The number of alkyl halides is 2. The van der Waals surface area contributed by atoms with E-state index in [-0.39, 0.29) is 12.1 Å². The number of nitrogens with two attached hydrogens (primary N) is 1. The highest BCUT2D eigenvalue weighted by Gasteiger charge is 2.16. The highest BCUT2D eigenvalue weighted by Crippen LogP contribution is 2.32. The van der Waals surface area contributed by atoms with E-state index < -0.39 is 6.43 Å². The van der Waals surface area contributed by atoms with Crippen LogP contribution in [0.5, 0.6) is 0 Å².